The lowest BCUT2D eigenvalue weighted by atomic mass is 9.85. The van der Waals surface area contributed by atoms with Crippen LogP contribution in [0.25, 0.3) is 0 Å². The minimum absolute atomic E-state index is 0.127. The standard InChI is InChI=1S/C25H33N4O4/c1-17(2)15-21(18(3)23(30)29-33)24(31)28-22(16-19-9-5-4-6-10-19)25(32)27-14-12-20-11-7-8-13-26-20/h4-11,13,17-18,21-22H,12,14-16H2,1-3H3,(H3-,27,28,29,30,31,32,33)/q-1/t18-,21+,22-/m0/s1. The van der Waals surface area contributed by atoms with Crippen LogP contribution in [-0.4, -0.2) is 35.3 Å². The van der Waals surface area contributed by atoms with E-state index < -0.39 is 29.7 Å². The van der Waals surface area contributed by atoms with Crippen molar-refractivity contribution < 1.29 is 14.4 Å². The molecule has 1 heterocycles. The number of hydroxylamine groups is 1. The van der Waals surface area contributed by atoms with Crippen LogP contribution in [0.2, 0.25) is 0 Å². The maximum Gasteiger partial charge on any atom is 0.242 e. The molecule has 1 aromatic heterocycles. The Bertz CT molecular complexity index is 890. The summed E-state index contributed by atoms with van der Waals surface area (Å²) in [7, 11) is 0. The van der Waals surface area contributed by atoms with Crippen molar-refractivity contribution in [2.24, 2.45) is 17.8 Å². The van der Waals surface area contributed by atoms with Crippen molar-refractivity contribution in [3.63, 3.8) is 0 Å². The zero-order valence-corrected chi connectivity index (χ0v) is 19.4. The lowest BCUT2D eigenvalue weighted by molar-refractivity contribution is -0.136. The normalized spacial score (nSPS) is 13.6. The Morgan fingerprint density at radius 3 is 2.24 bits per heavy atom. The first-order valence-corrected chi connectivity index (χ1v) is 11.3. The molecule has 3 atom stereocenters. The Kier molecular flexibility index (Phi) is 10.5. The summed E-state index contributed by atoms with van der Waals surface area (Å²) >= 11 is 0. The third kappa shape index (κ3) is 8.65. The van der Waals surface area contributed by atoms with Crippen LogP contribution < -0.4 is 16.1 Å². The fourth-order valence-electron chi connectivity index (χ4n) is 3.64. The molecule has 0 aliphatic rings. The number of pyridine rings is 1. The van der Waals surface area contributed by atoms with Gasteiger partial charge in [-0.25, -0.2) is 0 Å². The third-order valence-electron chi connectivity index (χ3n) is 5.50. The van der Waals surface area contributed by atoms with E-state index in [9.17, 15) is 19.6 Å². The number of hydrogen-bond acceptors (Lipinski definition) is 5. The van der Waals surface area contributed by atoms with E-state index in [1.54, 1.807) is 13.1 Å². The van der Waals surface area contributed by atoms with Crippen molar-refractivity contribution in [1.29, 1.82) is 0 Å². The molecule has 0 aliphatic heterocycles. The Morgan fingerprint density at radius 2 is 1.64 bits per heavy atom. The average molecular weight is 454 g/mol. The molecular weight excluding hydrogens is 420 g/mol. The van der Waals surface area contributed by atoms with Gasteiger partial charge in [0.15, 0.2) is 0 Å². The molecule has 0 unspecified atom stereocenters. The number of nitrogens with zero attached hydrogens (tertiary/aromatic N) is 1. The van der Waals surface area contributed by atoms with Crippen molar-refractivity contribution in [1.82, 2.24) is 21.1 Å². The summed E-state index contributed by atoms with van der Waals surface area (Å²) in [6, 6.07) is 14.2. The summed E-state index contributed by atoms with van der Waals surface area (Å²) in [6.07, 6.45) is 2.98. The molecule has 33 heavy (non-hydrogen) atoms. The van der Waals surface area contributed by atoms with Crippen molar-refractivity contribution in [2.75, 3.05) is 6.54 Å². The highest BCUT2D eigenvalue weighted by Crippen LogP contribution is 2.22. The van der Waals surface area contributed by atoms with Gasteiger partial charge in [-0.2, -0.15) is 0 Å². The predicted molar refractivity (Wildman–Crippen MR) is 127 cm³/mol. The Balaban J connectivity index is 2.12. The molecule has 8 nitrogen and oxygen atoms in total. The van der Waals surface area contributed by atoms with Gasteiger partial charge in [-0.3, -0.25) is 19.4 Å². The number of hydrogen-bond donors (Lipinski definition) is 3. The smallest absolute Gasteiger partial charge is 0.242 e. The molecule has 0 fully saturated rings. The van der Waals surface area contributed by atoms with Gasteiger partial charge in [0.05, 0.1) is 0 Å². The molecular formula is C25H33N4O4-. The van der Waals surface area contributed by atoms with E-state index in [2.05, 4.69) is 15.6 Å². The van der Waals surface area contributed by atoms with Gasteiger partial charge < -0.3 is 21.3 Å². The molecule has 0 saturated heterocycles. The lowest BCUT2D eigenvalue weighted by Gasteiger charge is -2.27. The number of nitrogens with one attached hydrogen (secondary N) is 3. The van der Waals surface area contributed by atoms with Gasteiger partial charge in [0, 0.05) is 43.1 Å². The van der Waals surface area contributed by atoms with E-state index in [4.69, 9.17) is 0 Å². The summed E-state index contributed by atoms with van der Waals surface area (Å²) in [5.41, 5.74) is 3.13. The first-order chi connectivity index (χ1) is 15.8. The van der Waals surface area contributed by atoms with E-state index in [0.717, 1.165) is 11.3 Å². The van der Waals surface area contributed by atoms with Crippen molar-refractivity contribution >= 4 is 17.7 Å². The zero-order chi connectivity index (χ0) is 24.2. The topological polar surface area (TPSA) is 123 Å². The number of amides is 3. The van der Waals surface area contributed by atoms with E-state index in [-0.39, 0.29) is 11.8 Å². The molecule has 1 aromatic carbocycles. The molecule has 0 bridgehead atoms. The number of carbonyl (C=O) groups is 3. The minimum atomic E-state index is -0.819. The fraction of sp³-hybridized carbons (Fsp3) is 0.440. The Labute approximate surface area is 195 Å². The van der Waals surface area contributed by atoms with Crippen LogP contribution in [0.15, 0.2) is 54.7 Å². The average Bonchev–Trinajstić information content (AvgIpc) is 2.82. The first kappa shape index (κ1) is 26.0. The van der Waals surface area contributed by atoms with E-state index in [0.29, 0.717) is 25.8 Å². The molecule has 0 saturated carbocycles. The van der Waals surface area contributed by atoms with Crippen LogP contribution in [-0.2, 0) is 27.2 Å². The molecule has 0 radical (unpaired) electrons. The SMILES string of the molecule is CC(C)C[C@@H](C(=O)N[C@@H](Cc1ccccc1)C(=O)NCCc1ccccn1)[C@H](C)C(=O)N[O-]. The molecule has 2 rings (SSSR count). The highest BCUT2D eigenvalue weighted by molar-refractivity contribution is 5.91. The molecule has 8 heteroatoms. The molecule has 178 valence electrons. The van der Waals surface area contributed by atoms with E-state index >= 15 is 0 Å². The number of benzene rings is 1. The van der Waals surface area contributed by atoms with E-state index in [1.807, 2.05) is 62.4 Å². The maximum absolute atomic E-state index is 13.2. The third-order valence-corrected chi connectivity index (χ3v) is 5.50. The van der Waals surface area contributed by atoms with Crippen molar-refractivity contribution in [3.8, 4) is 0 Å². The van der Waals surface area contributed by atoms with Crippen LogP contribution >= 0.6 is 0 Å². The Hall–Kier alpha value is -3.26. The molecule has 2 aromatic rings. The van der Waals surface area contributed by atoms with Gasteiger partial charge in [0.25, 0.3) is 0 Å². The summed E-state index contributed by atoms with van der Waals surface area (Å²) in [6.45, 7) is 5.81. The van der Waals surface area contributed by atoms with Gasteiger partial charge >= 0.3 is 0 Å². The fourth-order valence-corrected chi connectivity index (χ4v) is 3.64. The van der Waals surface area contributed by atoms with Crippen molar-refractivity contribution in [3.05, 3.63) is 71.2 Å². The monoisotopic (exact) mass is 453 g/mol. The second kappa shape index (κ2) is 13.3. The predicted octanol–water partition coefficient (Wildman–Crippen LogP) is 2.38. The highest BCUT2D eigenvalue weighted by Gasteiger charge is 2.32. The lowest BCUT2D eigenvalue weighted by Crippen LogP contribution is -2.51. The van der Waals surface area contributed by atoms with Gasteiger partial charge in [-0.1, -0.05) is 57.2 Å². The summed E-state index contributed by atoms with van der Waals surface area (Å²) < 4.78 is 0. The van der Waals surface area contributed by atoms with Crippen molar-refractivity contribution in [2.45, 2.75) is 46.1 Å². The molecule has 3 amide bonds. The Morgan fingerprint density at radius 1 is 0.939 bits per heavy atom. The second-order valence-electron chi connectivity index (χ2n) is 8.60. The number of carbonyl (C=O) groups excluding carboxylic acids is 3. The molecule has 3 N–H and O–H groups in total. The molecule has 0 spiro atoms. The van der Waals surface area contributed by atoms with Gasteiger partial charge in [-0.05, 0) is 30.0 Å². The second-order valence-corrected chi connectivity index (χ2v) is 8.60. The quantitative estimate of drug-likeness (QED) is 0.426. The van der Waals surface area contributed by atoms with E-state index in [1.165, 1.54) is 5.48 Å². The van der Waals surface area contributed by atoms with Gasteiger partial charge in [0.2, 0.25) is 17.7 Å². The van der Waals surface area contributed by atoms with Gasteiger partial charge in [-0.15, -0.1) is 0 Å². The van der Waals surface area contributed by atoms with Crippen LogP contribution in [0, 0.1) is 23.0 Å². The first-order valence-electron chi connectivity index (χ1n) is 11.3. The summed E-state index contributed by atoms with van der Waals surface area (Å²) in [5, 5.41) is 16.6. The van der Waals surface area contributed by atoms with Crippen LogP contribution in [0.5, 0.6) is 0 Å². The summed E-state index contributed by atoms with van der Waals surface area (Å²) in [4.78, 5) is 42.3. The maximum atomic E-state index is 13.2. The zero-order valence-electron chi connectivity index (χ0n) is 19.4. The van der Waals surface area contributed by atoms with Crippen LogP contribution in [0.4, 0.5) is 0 Å². The van der Waals surface area contributed by atoms with Crippen LogP contribution in [0.1, 0.15) is 38.4 Å². The largest absolute Gasteiger partial charge is 0.759 e. The van der Waals surface area contributed by atoms with Gasteiger partial charge in [0.1, 0.15) is 6.04 Å². The van der Waals surface area contributed by atoms with Crippen LogP contribution in [0.3, 0.4) is 0 Å². The number of rotatable bonds is 12. The highest BCUT2D eigenvalue weighted by atomic mass is 16.5. The molecule has 0 aliphatic carbocycles. The number of aromatic nitrogens is 1. The minimum Gasteiger partial charge on any atom is -0.759 e. The summed E-state index contributed by atoms with van der Waals surface area (Å²) in [5.74, 6) is -2.88.